The lowest BCUT2D eigenvalue weighted by Crippen LogP contribution is -2.08. The van der Waals surface area contributed by atoms with Gasteiger partial charge in [0.15, 0.2) is 0 Å². The molecular weight excluding hydrogens is 282 g/mol. The summed E-state index contributed by atoms with van der Waals surface area (Å²) in [5, 5.41) is 4.13. The van der Waals surface area contributed by atoms with Gasteiger partial charge >= 0.3 is 0 Å². The summed E-state index contributed by atoms with van der Waals surface area (Å²) in [7, 11) is 0. The Kier molecular flexibility index (Phi) is 4.11. The van der Waals surface area contributed by atoms with Crippen LogP contribution in [-0.4, -0.2) is 9.55 Å². The number of para-hydroxylation sites is 2. The van der Waals surface area contributed by atoms with Gasteiger partial charge < -0.3 is 9.88 Å². The SMILES string of the molecule is CCCn1c(CNc2cccc(Cl)c2)nc2ccccc21. The summed E-state index contributed by atoms with van der Waals surface area (Å²) in [5.41, 5.74) is 3.26. The van der Waals surface area contributed by atoms with E-state index in [0.717, 1.165) is 35.0 Å². The molecule has 1 aromatic heterocycles. The van der Waals surface area contributed by atoms with Crippen LogP contribution in [0.1, 0.15) is 19.2 Å². The van der Waals surface area contributed by atoms with E-state index in [2.05, 4.69) is 35.0 Å². The molecule has 21 heavy (non-hydrogen) atoms. The van der Waals surface area contributed by atoms with Crippen LogP contribution in [0, 0.1) is 0 Å². The monoisotopic (exact) mass is 299 g/mol. The summed E-state index contributed by atoms with van der Waals surface area (Å²) in [6.45, 7) is 3.85. The first kappa shape index (κ1) is 14.0. The molecule has 0 atom stereocenters. The molecule has 1 heterocycles. The molecule has 0 aliphatic rings. The fourth-order valence-corrected chi connectivity index (χ4v) is 2.70. The van der Waals surface area contributed by atoms with Crippen molar-refractivity contribution in [1.29, 1.82) is 0 Å². The number of imidazole rings is 1. The van der Waals surface area contributed by atoms with Crippen molar-refractivity contribution in [3.63, 3.8) is 0 Å². The highest BCUT2D eigenvalue weighted by atomic mass is 35.5. The standard InChI is InChI=1S/C17H18ClN3/c1-2-10-21-16-9-4-3-8-15(16)20-17(21)12-19-14-7-5-6-13(18)11-14/h3-9,11,19H,2,10,12H2,1H3. The number of nitrogens with zero attached hydrogens (tertiary/aromatic N) is 2. The molecule has 0 amide bonds. The largest absolute Gasteiger partial charge is 0.378 e. The van der Waals surface area contributed by atoms with E-state index < -0.39 is 0 Å². The zero-order valence-corrected chi connectivity index (χ0v) is 12.8. The molecule has 3 rings (SSSR count). The van der Waals surface area contributed by atoms with Gasteiger partial charge in [-0.1, -0.05) is 36.7 Å². The second-order valence-corrected chi connectivity index (χ2v) is 5.47. The number of hydrogen-bond acceptors (Lipinski definition) is 2. The third-order valence-corrected chi connectivity index (χ3v) is 3.69. The summed E-state index contributed by atoms with van der Waals surface area (Å²) in [4.78, 5) is 4.74. The molecule has 0 saturated heterocycles. The predicted molar refractivity (Wildman–Crippen MR) is 88.8 cm³/mol. The molecule has 3 aromatic rings. The highest BCUT2D eigenvalue weighted by Crippen LogP contribution is 2.19. The van der Waals surface area contributed by atoms with Gasteiger partial charge in [0.2, 0.25) is 0 Å². The molecule has 1 N–H and O–H groups in total. The van der Waals surface area contributed by atoms with Crippen LogP contribution in [0.5, 0.6) is 0 Å². The normalized spacial score (nSPS) is 11.0. The van der Waals surface area contributed by atoms with Gasteiger partial charge in [0, 0.05) is 17.3 Å². The van der Waals surface area contributed by atoms with E-state index in [-0.39, 0.29) is 0 Å². The molecule has 108 valence electrons. The van der Waals surface area contributed by atoms with Crippen molar-refractivity contribution in [2.75, 3.05) is 5.32 Å². The Morgan fingerprint density at radius 3 is 2.81 bits per heavy atom. The topological polar surface area (TPSA) is 29.9 Å². The lowest BCUT2D eigenvalue weighted by molar-refractivity contribution is 0.661. The molecule has 0 unspecified atom stereocenters. The molecular formula is C17H18ClN3. The van der Waals surface area contributed by atoms with Crippen LogP contribution in [0.15, 0.2) is 48.5 Å². The summed E-state index contributed by atoms with van der Waals surface area (Å²) < 4.78 is 2.28. The van der Waals surface area contributed by atoms with Gasteiger partial charge in [0.1, 0.15) is 5.82 Å². The lowest BCUT2D eigenvalue weighted by atomic mass is 10.3. The number of aromatic nitrogens is 2. The third-order valence-electron chi connectivity index (χ3n) is 3.46. The molecule has 0 bridgehead atoms. The fraction of sp³-hybridized carbons (Fsp3) is 0.235. The molecule has 0 saturated carbocycles. The predicted octanol–water partition coefficient (Wildman–Crippen LogP) is 4.71. The van der Waals surface area contributed by atoms with Crippen LogP contribution in [0.4, 0.5) is 5.69 Å². The molecule has 0 fully saturated rings. The van der Waals surface area contributed by atoms with Crippen LogP contribution < -0.4 is 5.32 Å². The van der Waals surface area contributed by atoms with Crippen molar-refractivity contribution in [2.24, 2.45) is 0 Å². The molecule has 2 aromatic carbocycles. The lowest BCUT2D eigenvalue weighted by Gasteiger charge is -2.10. The van der Waals surface area contributed by atoms with Crippen LogP contribution in [0.25, 0.3) is 11.0 Å². The van der Waals surface area contributed by atoms with E-state index in [0.29, 0.717) is 6.54 Å². The van der Waals surface area contributed by atoms with Gasteiger partial charge in [0.05, 0.1) is 17.6 Å². The Labute approximate surface area is 129 Å². The van der Waals surface area contributed by atoms with Gasteiger partial charge in [-0.05, 0) is 36.8 Å². The molecule has 0 radical (unpaired) electrons. The van der Waals surface area contributed by atoms with Crippen molar-refractivity contribution in [1.82, 2.24) is 9.55 Å². The first-order valence-corrected chi connectivity index (χ1v) is 7.59. The van der Waals surface area contributed by atoms with E-state index in [1.807, 2.05) is 30.3 Å². The minimum atomic E-state index is 0.690. The van der Waals surface area contributed by atoms with Gasteiger partial charge in [0.25, 0.3) is 0 Å². The Morgan fingerprint density at radius 1 is 1.14 bits per heavy atom. The van der Waals surface area contributed by atoms with Crippen molar-refractivity contribution in [2.45, 2.75) is 26.4 Å². The first-order chi connectivity index (χ1) is 10.3. The maximum Gasteiger partial charge on any atom is 0.129 e. The highest BCUT2D eigenvalue weighted by Gasteiger charge is 2.09. The van der Waals surface area contributed by atoms with Gasteiger partial charge in [-0.15, -0.1) is 0 Å². The van der Waals surface area contributed by atoms with Crippen LogP contribution in [0.2, 0.25) is 5.02 Å². The van der Waals surface area contributed by atoms with Gasteiger partial charge in [-0.25, -0.2) is 4.98 Å². The zero-order chi connectivity index (χ0) is 14.7. The Balaban J connectivity index is 1.87. The number of fused-ring (bicyclic) bond motifs is 1. The number of aryl methyl sites for hydroxylation is 1. The average Bonchev–Trinajstić information content (AvgIpc) is 2.84. The maximum absolute atomic E-state index is 6.01. The number of halogens is 1. The zero-order valence-electron chi connectivity index (χ0n) is 12.0. The van der Waals surface area contributed by atoms with Gasteiger partial charge in [-0.3, -0.25) is 0 Å². The summed E-state index contributed by atoms with van der Waals surface area (Å²) in [6, 6.07) is 16.0. The van der Waals surface area contributed by atoms with Gasteiger partial charge in [-0.2, -0.15) is 0 Å². The van der Waals surface area contributed by atoms with Crippen molar-refractivity contribution >= 4 is 28.3 Å². The smallest absolute Gasteiger partial charge is 0.129 e. The van der Waals surface area contributed by atoms with Crippen molar-refractivity contribution in [3.05, 3.63) is 59.4 Å². The molecule has 0 aliphatic carbocycles. The maximum atomic E-state index is 6.01. The second kappa shape index (κ2) is 6.19. The van der Waals surface area contributed by atoms with E-state index in [4.69, 9.17) is 16.6 Å². The highest BCUT2D eigenvalue weighted by molar-refractivity contribution is 6.30. The Bertz CT molecular complexity index is 749. The number of hydrogen-bond donors (Lipinski definition) is 1. The average molecular weight is 300 g/mol. The Hall–Kier alpha value is -2.00. The van der Waals surface area contributed by atoms with Crippen LogP contribution >= 0.6 is 11.6 Å². The summed E-state index contributed by atoms with van der Waals surface area (Å²) in [6.07, 6.45) is 1.09. The first-order valence-electron chi connectivity index (χ1n) is 7.21. The summed E-state index contributed by atoms with van der Waals surface area (Å²) in [5.74, 6) is 1.05. The number of anilines is 1. The fourth-order valence-electron chi connectivity index (χ4n) is 2.51. The third kappa shape index (κ3) is 3.03. The number of rotatable bonds is 5. The minimum absolute atomic E-state index is 0.690. The van der Waals surface area contributed by atoms with E-state index in [9.17, 15) is 0 Å². The number of nitrogens with one attached hydrogen (secondary N) is 1. The van der Waals surface area contributed by atoms with Crippen molar-refractivity contribution in [3.8, 4) is 0 Å². The molecule has 0 aliphatic heterocycles. The van der Waals surface area contributed by atoms with Crippen molar-refractivity contribution < 1.29 is 0 Å². The summed E-state index contributed by atoms with van der Waals surface area (Å²) >= 11 is 6.01. The molecule has 0 spiro atoms. The molecule has 3 nitrogen and oxygen atoms in total. The number of benzene rings is 2. The second-order valence-electron chi connectivity index (χ2n) is 5.03. The quantitative estimate of drug-likeness (QED) is 0.739. The van der Waals surface area contributed by atoms with E-state index in [1.54, 1.807) is 0 Å². The van der Waals surface area contributed by atoms with E-state index >= 15 is 0 Å². The minimum Gasteiger partial charge on any atom is -0.378 e. The van der Waals surface area contributed by atoms with E-state index in [1.165, 1.54) is 5.52 Å². The van der Waals surface area contributed by atoms with Crippen LogP contribution in [0.3, 0.4) is 0 Å². The molecule has 4 heteroatoms. The van der Waals surface area contributed by atoms with Crippen LogP contribution in [-0.2, 0) is 13.1 Å². The Morgan fingerprint density at radius 2 is 2.00 bits per heavy atom.